The van der Waals surface area contributed by atoms with Gasteiger partial charge in [-0.2, -0.15) is 0 Å². The van der Waals surface area contributed by atoms with Crippen LogP contribution in [0.4, 0.5) is 0 Å². The van der Waals surface area contributed by atoms with E-state index in [-0.39, 0.29) is 0 Å². The first-order valence-electron chi connectivity index (χ1n) is 5.37. The van der Waals surface area contributed by atoms with Crippen molar-refractivity contribution in [3.05, 3.63) is 29.7 Å². The second-order valence-electron chi connectivity index (χ2n) is 3.54. The summed E-state index contributed by atoms with van der Waals surface area (Å²) >= 11 is 0. The van der Waals surface area contributed by atoms with E-state index in [0.717, 1.165) is 0 Å². The molecular weight excluding hydrogens is 220 g/mol. The number of carbonyl (C=O) groups is 1. The Balaban J connectivity index is 2.67. The summed E-state index contributed by atoms with van der Waals surface area (Å²) in [6, 6.07) is 3.64. The van der Waals surface area contributed by atoms with Crippen LogP contribution >= 0.6 is 0 Å². The Kier molecular flexibility index (Phi) is 2.99. The number of nitrogens with zero attached hydrogens (tertiary/aromatic N) is 2. The molecule has 2 aromatic rings. The molecule has 0 atom stereocenters. The van der Waals surface area contributed by atoms with Crippen LogP contribution in [0, 0.1) is 6.92 Å². The van der Waals surface area contributed by atoms with Crippen LogP contribution in [-0.4, -0.2) is 29.1 Å². The summed E-state index contributed by atoms with van der Waals surface area (Å²) in [6.45, 7) is 4.23. The maximum atomic E-state index is 11.7. The lowest BCUT2D eigenvalue weighted by molar-refractivity contribution is 0.0592. The molecule has 0 radical (unpaired) electrons. The third-order valence-corrected chi connectivity index (χ3v) is 2.47. The van der Waals surface area contributed by atoms with Crippen LogP contribution in [0.3, 0.4) is 0 Å². The quantitative estimate of drug-likeness (QED) is 0.760. The first-order valence-corrected chi connectivity index (χ1v) is 5.37. The van der Waals surface area contributed by atoms with Gasteiger partial charge in [-0.25, -0.2) is 9.78 Å². The van der Waals surface area contributed by atoms with E-state index >= 15 is 0 Å². The predicted molar refractivity (Wildman–Crippen MR) is 62.4 cm³/mol. The highest BCUT2D eigenvalue weighted by molar-refractivity contribution is 5.90. The van der Waals surface area contributed by atoms with Crippen molar-refractivity contribution >= 4 is 11.6 Å². The van der Waals surface area contributed by atoms with Crippen LogP contribution in [0.2, 0.25) is 0 Å². The van der Waals surface area contributed by atoms with Gasteiger partial charge in [-0.15, -0.1) is 0 Å². The number of hydrogen-bond acceptors (Lipinski definition) is 4. The van der Waals surface area contributed by atoms with Gasteiger partial charge in [0.05, 0.1) is 19.4 Å². The molecule has 2 heterocycles. The maximum Gasteiger partial charge on any atom is 0.356 e. The topological polar surface area (TPSA) is 52.8 Å². The van der Waals surface area contributed by atoms with E-state index in [0.29, 0.717) is 29.4 Å². The van der Waals surface area contributed by atoms with Crippen molar-refractivity contribution in [2.45, 2.75) is 13.8 Å². The van der Waals surface area contributed by atoms with E-state index in [4.69, 9.17) is 9.47 Å². The van der Waals surface area contributed by atoms with E-state index in [1.54, 1.807) is 17.5 Å². The van der Waals surface area contributed by atoms with Crippen LogP contribution in [-0.2, 0) is 4.74 Å². The van der Waals surface area contributed by atoms with Gasteiger partial charge in [-0.3, -0.25) is 4.40 Å². The lowest BCUT2D eigenvalue weighted by Crippen LogP contribution is -2.07. The number of methoxy groups -OCH3 is 1. The van der Waals surface area contributed by atoms with Crippen LogP contribution in [0.15, 0.2) is 18.3 Å². The van der Waals surface area contributed by atoms with Gasteiger partial charge >= 0.3 is 5.97 Å². The number of fused-ring (bicyclic) bond motifs is 1. The van der Waals surface area contributed by atoms with Gasteiger partial charge in [0, 0.05) is 6.20 Å². The van der Waals surface area contributed by atoms with Crippen molar-refractivity contribution in [3.63, 3.8) is 0 Å². The Morgan fingerprint density at radius 3 is 2.94 bits per heavy atom. The van der Waals surface area contributed by atoms with Crippen molar-refractivity contribution in [2.75, 3.05) is 13.7 Å². The number of pyridine rings is 1. The molecule has 0 aliphatic carbocycles. The SMILES string of the molecule is CCOc1cccn2c(C(=O)OC)c(C)nc12. The molecule has 0 saturated heterocycles. The molecule has 0 aliphatic rings. The molecule has 0 unspecified atom stereocenters. The van der Waals surface area contributed by atoms with E-state index < -0.39 is 5.97 Å². The number of aromatic nitrogens is 2. The molecule has 17 heavy (non-hydrogen) atoms. The second kappa shape index (κ2) is 4.45. The van der Waals surface area contributed by atoms with Gasteiger partial charge in [0.1, 0.15) is 0 Å². The smallest absolute Gasteiger partial charge is 0.356 e. The molecule has 0 aromatic carbocycles. The lowest BCUT2D eigenvalue weighted by Gasteiger charge is -2.05. The molecule has 0 N–H and O–H groups in total. The molecule has 0 bridgehead atoms. The zero-order chi connectivity index (χ0) is 12.4. The molecule has 0 fully saturated rings. The number of ether oxygens (including phenoxy) is 2. The minimum Gasteiger partial charge on any atom is -0.490 e. The molecule has 5 heteroatoms. The van der Waals surface area contributed by atoms with Crippen LogP contribution in [0.1, 0.15) is 23.1 Å². The summed E-state index contributed by atoms with van der Waals surface area (Å²) in [5.74, 6) is 0.261. The van der Waals surface area contributed by atoms with Gasteiger partial charge in [-0.05, 0) is 26.0 Å². The zero-order valence-corrected chi connectivity index (χ0v) is 10.1. The number of hydrogen-bond donors (Lipinski definition) is 0. The molecule has 2 rings (SSSR count). The Labute approximate surface area is 99.0 Å². The standard InChI is InChI=1S/C12H14N2O3/c1-4-17-9-6-5-7-14-10(12(15)16-3)8(2)13-11(9)14/h5-7H,4H2,1-3H3. The fraction of sp³-hybridized carbons (Fsp3) is 0.333. The first kappa shape index (κ1) is 11.4. The average Bonchev–Trinajstić information content (AvgIpc) is 2.66. The third kappa shape index (κ3) is 1.84. The summed E-state index contributed by atoms with van der Waals surface area (Å²) in [7, 11) is 1.35. The van der Waals surface area contributed by atoms with Gasteiger partial charge in [0.2, 0.25) is 0 Å². The fourth-order valence-corrected chi connectivity index (χ4v) is 1.77. The van der Waals surface area contributed by atoms with Crippen LogP contribution < -0.4 is 4.74 Å². The molecule has 5 nitrogen and oxygen atoms in total. The molecule has 90 valence electrons. The van der Waals surface area contributed by atoms with Crippen LogP contribution in [0.5, 0.6) is 5.75 Å². The highest BCUT2D eigenvalue weighted by Gasteiger charge is 2.18. The minimum atomic E-state index is -0.399. The van der Waals surface area contributed by atoms with E-state index in [2.05, 4.69) is 4.98 Å². The van der Waals surface area contributed by atoms with E-state index in [1.807, 2.05) is 19.1 Å². The van der Waals surface area contributed by atoms with Crippen molar-refractivity contribution in [1.29, 1.82) is 0 Å². The van der Waals surface area contributed by atoms with Crippen molar-refractivity contribution < 1.29 is 14.3 Å². The fourth-order valence-electron chi connectivity index (χ4n) is 1.77. The highest BCUT2D eigenvalue weighted by atomic mass is 16.5. The van der Waals surface area contributed by atoms with Gasteiger partial charge in [-0.1, -0.05) is 0 Å². The molecule has 0 spiro atoms. The number of esters is 1. The Morgan fingerprint density at radius 1 is 1.53 bits per heavy atom. The van der Waals surface area contributed by atoms with E-state index in [9.17, 15) is 4.79 Å². The van der Waals surface area contributed by atoms with E-state index in [1.165, 1.54) is 7.11 Å². The first-order chi connectivity index (χ1) is 8.19. The van der Waals surface area contributed by atoms with Gasteiger partial charge < -0.3 is 9.47 Å². The molecule has 0 aliphatic heterocycles. The van der Waals surface area contributed by atoms with Gasteiger partial charge in [0.25, 0.3) is 0 Å². The van der Waals surface area contributed by atoms with Crippen molar-refractivity contribution in [2.24, 2.45) is 0 Å². The van der Waals surface area contributed by atoms with Crippen molar-refractivity contribution in [1.82, 2.24) is 9.38 Å². The lowest BCUT2D eigenvalue weighted by atomic mass is 10.3. The number of rotatable bonds is 3. The number of imidazole rings is 1. The second-order valence-corrected chi connectivity index (χ2v) is 3.54. The largest absolute Gasteiger partial charge is 0.490 e. The Hall–Kier alpha value is -2.04. The summed E-state index contributed by atoms with van der Waals surface area (Å²) in [4.78, 5) is 16.0. The average molecular weight is 234 g/mol. The summed E-state index contributed by atoms with van der Waals surface area (Å²) in [6.07, 6.45) is 1.77. The molecule has 2 aromatic heterocycles. The molecule has 0 amide bonds. The Morgan fingerprint density at radius 2 is 2.29 bits per heavy atom. The zero-order valence-electron chi connectivity index (χ0n) is 10.1. The Bertz CT molecular complexity index is 560. The predicted octanol–water partition coefficient (Wildman–Crippen LogP) is 1.83. The highest BCUT2D eigenvalue weighted by Crippen LogP contribution is 2.22. The third-order valence-electron chi connectivity index (χ3n) is 2.47. The van der Waals surface area contributed by atoms with Gasteiger partial charge in [0.15, 0.2) is 17.1 Å². The van der Waals surface area contributed by atoms with Crippen LogP contribution in [0.25, 0.3) is 5.65 Å². The number of carbonyl (C=O) groups excluding carboxylic acids is 1. The summed E-state index contributed by atoms with van der Waals surface area (Å²) < 4.78 is 11.9. The normalized spacial score (nSPS) is 10.5. The monoisotopic (exact) mass is 234 g/mol. The summed E-state index contributed by atoms with van der Waals surface area (Å²) in [5, 5.41) is 0. The minimum absolute atomic E-state index is 0.399. The maximum absolute atomic E-state index is 11.7. The summed E-state index contributed by atoms with van der Waals surface area (Å²) in [5.41, 5.74) is 1.69. The number of aryl methyl sites for hydroxylation is 1. The molecular formula is C12H14N2O3. The molecule has 0 saturated carbocycles. The van der Waals surface area contributed by atoms with Crippen molar-refractivity contribution in [3.8, 4) is 5.75 Å².